The van der Waals surface area contributed by atoms with Crippen molar-refractivity contribution >= 4 is 49.3 Å². The number of nitrogens with zero attached hydrogens (tertiary/aromatic N) is 1. The van der Waals surface area contributed by atoms with E-state index in [-0.39, 0.29) is 0 Å². The summed E-state index contributed by atoms with van der Waals surface area (Å²) in [7, 11) is 0. The van der Waals surface area contributed by atoms with Crippen LogP contribution in [0.4, 0.5) is 0 Å². The quantitative estimate of drug-likeness (QED) is 0.315. The molecule has 2 heterocycles. The molecular formula is C24H19NS. The third-order valence-electron chi connectivity index (χ3n) is 5.18. The summed E-state index contributed by atoms with van der Waals surface area (Å²) in [6.07, 6.45) is 1.99. The third kappa shape index (κ3) is 2.03. The molecule has 0 aliphatic heterocycles. The summed E-state index contributed by atoms with van der Waals surface area (Å²) in [6.45, 7) is 8.37. The van der Waals surface area contributed by atoms with Crippen LogP contribution in [0.3, 0.4) is 0 Å². The highest BCUT2D eigenvalue weighted by Crippen LogP contribution is 2.42. The lowest BCUT2D eigenvalue weighted by Gasteiger charge is -2.07. The molecule has 0 aliphatic rings. The van der Waals surface area contributed by atoms with Crippen LogP contribution < -0.4 is 0 Å². The second-order valence-electron chi connectivity index (χ2n) is 6.80. The molecule has 0 atom stereocenters. The van der Waals surface area contributed by atoms with Crippen LogP contribution in [0.5, 0.6) is 0 Å². The Hall–Kier alpha value is -2.84. The highest BCUT2D eigenvalue weighted by Gasteiger charge is 2.17. The summed E-state index contributed by atoms with van der Waals surface area (Å²) in [5.74, 6) is 0. The number of rotatable bonds is 2. The van der Waals surface area contributed by atoms with Crippen molar-refractivity contribution < 1.29 is 0 Å². The lowest BCUT2D eigenvalue weighted by Crippen LogP contribution is -1.93. The fourth-order valence-corrected chi connectivity index (χ4v) is 5.23. The van der Waals surface area contributed by atoms with Crippen LogP contribution in [0.2, 0.25) is 0 Å². The Balaban J connectivity index is 2.05. The molecule has 2 heteroatoms. The number of thiophene rings is 1. The number of benzene rings is 3. The van der Waals surface area contributed by atoms with Crippen molar-refractivity contribution in [1.29, 1.82) is 0 Å². The van der Waals surface area contributed by atoms with Crippen molar-refractivity contribution in [3.8, 4) is 5.69 Å². The first kappa shape index (κ1) is 15.4. The van der Waals surface area contributed by atoms with E-state index in [1.165, 1.54) is 53.6 Å². The predicted molar refractivity (Wildman–Crippen MR) is 116 cm³/mol. The van der Waals surface area contributed by atoms with Crippen molar-refractivity contribution in [2.45, 2.75) is 13.8 Å². The molecule has 126 valence electrons. The maximum Gasteiger partial charge on any atom is 0.0555 e. The minimum Gasteiger partial charge on any atom is -0.309 e. The smallest absolute Gasteiger partial charge is 0.0555 e. The first-order valence-electron chi connectivity index (χ1n) is 8.84. The Morgan fingerprint density at radius 2 is 1.65 bits per heavy atom. The van der Waals surface area contributed by atoms with Gasteiger partial charge >= 0.3 is 0 Å². The topological polar surface area (TPSA) is 4.93 Å². The summed E-state index contributed by atoms with van der Waals surface area (Å²) < 4.78 is 3.75. The van der Waals surface area contributed by atoms with Crippen LogP contribution in [0.1, 0.15) is 16.0 Å². The average Bonchev–Trinajstić information content (AvgIpc) is 3.15. The van der Waals surface area contributed by atoms with E-state index in [1.54, 1.807) is 0 Å². The molecule has 0 radical (unpaired) electrons. The van der Waals surface area contributed by atoms with Crippen LogP contribution in [-0.2, 0) is 0 Å². The van der Waals surface area contributed by atoms with E-state index in [1.807, 2.05) is 17.4 Å². The monoisotopic (exact) mass is 353 g/mol. The number of fused-ring (bicyclic) bond motifs is 5. The highest BCUT2D eigenvalue weighted by atomic mass is 32.1. The lowest BCUT2D eigenvalue weighted by molar-refractivity contribution is 1.18. The van der Waals surface area contributed by atoms with Gasteiger partial charge in [-0.1, -0.05) is 49.1 Å². The highest BCUT2D eigenvalue weighted by molar-refractivity contribution is 7.20. The molecule has 0 aliphatic carbocycles. The zero-order valence-corrected chi connectivity index (χ0v) is 15.7. The Morgan fingerprint density at radius 3 is 2.42 bits per heavy atom. The molecule has 26 heavy (non-hydrogen) atoms. The van der Waals surface area contributed by atoms with Crippen molar-refractivity contribution in [3.05, 3.63) is 83.2 Å². The number of para-hydroxylation sites is 1. The Bertz CT molecular complexity index is 1300. The Morgan fingerprint density at radius 1 is 0.885 bits per heavy atom. The van der Waals surface area contributed by atoms with Crippen molar-refractivity contribution in [3.63, 3.8) is 0 Å². The van der Waals surface area contributed by atoms with Gasteiger partial charge in [0.25, 0.3) is 0 Å². The standard InChI is InChI=1S/C24H19NS/c1-4-18-16(3)26-24-19(18)12-13-21-23(24)20-11-10-15(2)14-22(20)25(21)17-8-6-5-7-9-17/h4-14H,1H2,2-3H3. The van der Waals surface area contributed by atoms with Gasteiger partial charge in [-0.15, -0.1) is 11.3 Å². The molecule has 1 nitrogen and oxygen atoms in total. The van der Waals surface area contributed by atoms with Gasteiger partial charge in [0.1, 0.15) is 0 Å². The van der Waals surface area contributed by atoms with E-state index < -0.39 is 0 Å². The van der Waals surface area contributed by atoms with Gasteiger partial charge < -0.3 is 4.57 Å². The third-order valence-corrected chi connectivity index (χ3v) is 6.34. The van der Waals surface area contributed by atoms with Crippen LogP contribution in [-0.4, -0.2) is 4.57 Å². The van der Waals surface area contributed by atoms with Gasteiger partial charge in [0.15, 0.2) is 0 Å². The molecular weight excluding hydrogens is 334 g/mol. The van der Waals surface area contributed by atoms with Gasteiger partial charge in [-0.3, -0.25) is 0 Å². The molecule has 2 aromatic heterocycles. The summed E-state index contributed by atoms with van der Waals surface area (Å²) in [5.41, 5.74) is 6.28. The molecule has 5 rings (SSSR count). The second kappa shape index (κ2) is 5.58. The molecule has 0 spiro atoms. The van der Waals surface area contributed by atoms with Crippen LogP contribution >= 0.6 is 11.3 Å². The number of aryl methyl sites for hydroxylation is 2. The van der Waals surface area contributed by atoms with Crippen molar-refractivity contribution in [1.82, 2.24) is 4.57 Å². The SMILES string of the molecule is C=Cc1c(C)sc2c1ccc1c2c2ccc(C)cc2n1-c1ccccc1. The van der Waals surface area contributed by atoms with E-state index in [4.69, 9.17) is 0 Å². The minimum absolute atomic E-state index is 1.20. The first-order valence-corrected chi connectivity index (χ1v) is 9.65. The first-order chi connectivity index (χ1) is 12.7. The normalized spacial score (nSPS) is 11.6. The van der Waals surface area contributed by atoms with Gasteiger partial charge in [0.05, 0.1) is 11.0 Å². The number of hydrogen-bond acceptors (Lipinski definition) is 1. The van der Waals surface area contributed by atoms with E-state index in [0.29, 0.717) is 0 Å². The van der Waals surface area contributed by atoms with Gasteiger partial charge in [0.2, 0.25) is 0 Å². The maximum absolute atomic E-state index is 4.02. The molecule has 3 aromatic carbocycles. The van der Waals surface area contributed by atoms with Gasteiger partial charge in [-0.25, -0.2) is 0 Å². The lowest BCUT2D eigenvalue weighted by atomic mass is 10.1. The Labute approximate surface area is 156 Å². The Kier molecular flexibility index (Phi) is 3.31. The van der Waals surface area contributed by atoms with E-state index in [9.17, 15) is 0 Å². The summed E-state index contributed by atoms with van der Waals surface area (Å²) in [6, 6.07) is 21.9. The maximum atomic E-state index is 4.02. The van der Waals surface area contributed by atoms with Gasteiger partial charge in [-0.05, 0) is 49.2 Å². The number of hydrogen-bond donors (Lipinski definition) is 0. The predicted octanol–water partition coefficient (Wildman–Crippen LogP) is 7.26. The van der Waals surface area contributed by atoms with Crippen LogP contribution in [0, 0.1) is 13.8 Å². The summed E-state index contributed by atoms with van der Waals surface area (Å²) in [5, 5.41) is 3.97. The van der Waals surface area contributed by atoms with E-state index in [0.717, 1.165) is 0 Å². The molecule has 0 amide bonds. The fourth-order valence-electron chi connectivity index (χ4n) is 4.01. The zero-order valence-electron chi connectivity index (χ0n) is 14.9. The molecule has 0 unspecified atom stereocenters. The second-order valence-corrected chi connectivity index (χ2v) is 8.03. The van der Waals surface area contributed by atoms with E-state index in [2.05, 4.69) is 85.7 Å². The van der Waals surface area contributed by atoms with Crippen LogP contribution in [0.15, 0.2) is 67.2 Å². The van der Waals surface area contributed by atoms with Crippen molar-refractivity contribution in [2.75, 3.05) is 0 Å². The molecule has 0 bridgehead atoms. The zero-order chi connectivity index (χ0) is 17.8. The van der Waals surface area contributed by atoms with Gasteiger partial charge in [-0.2, -0.15) is 0 Å². The molecule has 0 N–H and O–H groups in total. The fraction of sp³-hybridized carbons (Fsp3) is 0.0833. The van der Waals surface area contributed by atoms with Crippen molar-refractivity contribution in [2.24, 2.45) is 0 Å². The minimum atomic E-state index is 1.20. The molecule has 0 saturated carbocycles. The summed E-state index contributed by atoms with van der Waals surface area (Å²) >= 11 is 1.88. The van der Waals surface area contributed by atoms with E-state index >= 15 is 0 Å². The van der Waals surface area contributed by atoms with Gasteiger partial charge in [0, 0.05) is 31.4 Å². The largest absolute Gasteiger partial charge is 0.309 e. The molecule has 5 aromatic rings. The molecule has 0 saturated heterocycles. The molecule has 0 fully saturated rings. The average molecular weight is 353 g/mol. The summed E-state index contributed by atoms with van der Waals surface area (Å²) in [4.78, 5) is 1.33. The number of aromatic nitrogens is 1. The van der Waals surface area contributed by atoms with Crippen LogP contribution in [0.25, 0.3) is 43.7 Å².